The van der Waals surface area contributed by atoms with Gasteiger partial charge in [-0.15, -0.1) is 11.3 Å². The summed E-state index contributed by atoms with van der Waals surface area (Å²) in [6.45, 7) is 0. The molecule has 0 amide bonds. The fourth-order valence-corrected chi connectivity index (χ4v) is 13.6. The maximum Gasteiger partial charge on any atom is 0.137 e. The van der Waals surface area contributed by atoms with Crippen molar-refractivity contribution in [3.05, 3.63) is 303 Å². The van der Waals surface area contributed by atoms with Crippen molar-refractivity contribution in [2.24, 2.45) is 0 Å². The summed E-state index contributed by atoms with van der Waals surface area (Å²) >= 11 is 1.85. The molecule has 16 rings (SSSR count). The van der Waals surface area contributed by atoms with Crippen molar-refractivity contribution in [3.63, 3.8) is 0 Å². The fraction of sp³-hybridized carbons (Fsp3) is 0. The van der Waals surface area contributed by atoms with Crippen LogP contribution in [0.5, 0.6) is 0 Å². The molecule has 3 heterocycles. The van der Waals surface area contributed by atoms with Gasteiger partial charge in [0.1, 0.15) is 11.2 Å². The first-order valence-corrected chi connectivity index (χ1v) is 28.6. The van der Waals surface area contributed by atoms with E-state index in [2.05, 4.69) is 323 Å². The Morgan fingerprint density at radius 3 is 1.55 bits per heavy atom. The van der Waals surface area contributed by atoms with Crippen molar-refractivity contribution in [1.29, 1.82) is 0 Å². The minimum absolute atomic E-state index is 0.821. The molecule has 0 aliphatic carbocycles. The van der Waals surface area contributed by atoms with Gasteiger partial charge in [-0.05, 0) is 173 Å². The summed E-state index contributed by atoms with van der Waals surface area (Å²) in [7, 11) is 0. The average Bonchev–Trinajstić information content (AvgIpc) is 4.08. The van der Waals surface area contributed by atoms with Gasteiger partial charge >= 0.3 is 0 Å². The third kappa shape index (κ3) is 7.91. The van der Waals surface area contributed by atoms with Crippen molar-refractivity contribution >= 4 is 132 Å². The highest BCUT2D eigenvalue weighted by Gasteiger charge is 2.32. The van der Waals surface area contributed by atoms with Gasteiger partial charge in [-0.2, -0.15) is 0 Å². The monoisotopic (exact) mass is 1070 g/mol. The van der Waals surface area contributed by atoms with E-state index in [9.17, 15) is 0 Å². The zero-order valence-corrected chi connectivity index (χ0v) is 45.3. The van der Waals surface area contributed by atoms with Crippen LogP contribution in [0.25, 0.3) is 75.1 Å². The van der Waals surface area contributed by atoms with Crippen molar-refractivity contribution in [2.75, 3.05) is 19.6 Å². The lowest BCUT2D eigenvalue weighted by atomic mass is 9.93. The van der Waals surface area contributed by atoms with Gasteiger partial charge in [-0.1, -0.05) is 164 Å². The number of benzene rings is 13. The van der Waals surface area contributed by atoms with Crippen molar-refractivity contribution in [1.82, 2.24) is 0 Å². The third-order valence-corrected chi connectivity index (χ3v) is 17.3. The topological polar surface area (TPSA) is 26.1 Å². The Kier molecular flexibility index (Phi) is 11.3. The number of rotatable bonds is 10. The Balaban J connectivity index is 0.826. The van der Waals surface area contributed by atoms with E-state index in [4.69, 9.17) is 4.42 Å². The van der Waals surface area contributed by atoms with Crippen molar-refractivity contribution < 1.29 is 4.42 Å². The number of hydrogen-bond acceptors (Lipinski definition) is 6. The van der Waals surface area contributed by atoms with E-state index in [-0.39, 0.29) is 0 Å². The summed E-state index contributed by atoms with van der Waals surface area (Å²) in [5, 5.41) is 7.02. The molecule has 0 saturated heterocycles. The molecule has 0 N–H and O–H groups in total. The lowest BCUT2D eigenvalue weighted by molar-refractivity contribution is 0.669. The normalized spacial score (nSPS) is 12.1. The Hall–Kier alpha value is -10.7. The second-order valence-corrected chi connectivity index (χ2v) is 21.9. The standard InChI is InChI=1S/C76H50N4OS/c1-5-21-54(22-6-1)77(58-41-38-51(39-42-58)52-40-47-74-65(49-52)63-29-13-16-37-73(63)82-74)59-43-45-61-53(48-59)20-17-30-62(61)64-31-18-35-71-75(64)76-69(34-19-36-72(76)81-71)78(55-23-7-2-8-24-55)60-44-46-68-70(50-60)80(57-27-11-4-12-28-57)67-33-15-14-32-66(67)79(68)56-25-9-3-10-26-56/h1-50H. The van der Waals surface area contributed by atoms with Crippen LogP contribution < -0.4 is 19.6 Å². The van der Waals surface area contributed by atoms with E-state index >= 15 is 0 Å². The molecule has 0 bridgehead atoms. The van der Waals surface area contributed by atoms with Crippen LogP contribution in [0.4, 0.5) is 68.2 Å². The summed E-state index contributed by atoms with van der Waals surface area (Å²) in [6, 6.07) is 110. The first kappa shape index (κ1) is 47.3. The predicted molar refractivity (Wildman–Crippen MR) is 347 cm³/mol. The van der Waals surface area contributed by atoms with Gasteiger partial charge < -0.3 is 24.0 Å². The molecule has 0 atom stereocenters. The van der Waals surface area contributed by atoms with Crippen LogP contribution in [0, 0.1) is 0 Å². The van der Waals surface area contributed by atoms with Crippen LogP contribution in [-0.2, 0) is 0 Å². The van der Waals surface area contributed by atoms with Crippen molar-refractivity contribution in [2.45, 2.75) is 0 Å². The molecule has 82 heavy (non-hydrogen) atoms. The minimum atomic E-state index is 0.821. The number of nitrogens with zero attached hydrogens (tertiary/aromatic N) is 4. The molecule has 15 aromatic rings. The SMILES string of the molecule is c1ccc(N(c2ccc(-c3ccc4sc5ccccc5c4c3)cc2)c2ccc3c(-c4cccc5oc6cccc(N(c7ccccc7)c7ccc8c(c7)N(c7ccccc7)c7ccccc7N8c7ccccc7)c6c45)cccc3c2)cc1. The lowest BCUT2D eigenvalue weighted by Gasteiger charge is -2.41. The van der Waals surface area contributed by atoms with Gasteiger partial charge in [0.05, 0.1) is 33.8 Å². The summed E-state index contributed by atoms with van der Waals surface area (Å²) in [5.74, 6) is 0. The fourth-order valence-electron chi connectivity index (χ4n) is 12.5. The molecule has 0 radical (unpaired) electrons. The van der Waals surface area contributed by atoms with Gasteiger partial charge in [0.2, 0.25) is 0 Å². The molecule has 0 saturated carbocycles. The molecule has 1 aliphatic heterocycles. The predicted octanol–water partition coefficient (Wildman–Crippen LogP) is 22.6. The van der Waals surface area contributed by atoms with E-state index in [1.54, 1.807) is 0 Å². The number of para-hydroxylation sites is 6. The van der Waals surface area contributed by atoms with E-state index in [0.29, 0.717) is 0 Å². The van der Waals surface area contributed by atoms with Gasteiger partial charge in [0, 0.05) is 65.4 Å². The molecule has 13 aromatic carbocycles. The Morgan fingerprint density at radius 1 is 0.293 bits per heavy atom. The lowest BCUT2D eigenvalue weighted by Crippen LogP contribution is -2.24. The second-order valence-electron chi connectivity index (χ2n) is 20.8. The first-order valence-electron chi connectivity index (χ1n) is 27.8. The van der Waals surface area contributed by atoms with Crippen molar-refractivity contribution in [3.8, 4) is 22.3 Å². The summed E-state index contributed by atoms with van der Waals surface area (Å²) in [4.78, 5) is 9.54. The van der Waals surface area contributed by atoms with Crippen LogP contribution in [0.1, 0.15) is 0 Å². The molecule has 2 aromatic heterocycles. The van der Waals surface area contributed by atoms with E-state index < -0.39 is 0 Å². The molecule has 6 heteroatoms. The van der Waals surface area contributed by atoms with Crippen LogP contribution in [0.2, 0.25) is 0 Å². The molecule has 0 fully saturated rings. The van der Waals surface area contributed by atoms with Gasteiger partial charge in [0.15, 0.2) is 0 Å². The molecular weight excluding hydrogens is 1020 g/mol. The van der Waals surface area contributed by atoms with Crippen LogP contribution >= 0.6 is 11.3 Å². The highest BCUT2D eigenvalue weighted by Crippen LogP contribution is 2.56. The number of anilines is 12. The number of furan rings is 1. The highest BCUT2D eigenvalue weighted by molar-refractivity contribution is 7.25. The van der Waals surface area contributed by atoms with E-state index in [1.165, 1.54) is 31.3 Å². The van der Waals surface area contributed by atoms with E-state index in [0.717, 1.165) is 112 Å². The Bertz CT molecular complexity index is 4890. The largest absolute Gasteiger partial charge is 0.456 e. The van der Waals surface area contributed by atoms with Gasteiger partial charge in [0.25, 0.3) is 0 Å². The quantitative estimate of drug-likeness (QED) is 0.136. The third-order valence-electron chi connectivity index (χ3n) is 16.1. The minimum Gasteiger partial charge on any atom is -0.456 e. The molecule has 0 unspecified atom stereocenters. The van der Waals surface area contributed by atoms with Gasteiger partial charge in [-0.25, -0.2) is 0 Å². The number of fused-ring (bicyclic) bond motifs is 9. The Labute approximate surface area is 479 Å². The van der Waals surface area contributed by atoms with Crippen LogP contribution in [0.15, 0.2) is 308 Å². The van der Waals surface area contributed by atoms with Crippen LogP contribution in [0.3, 0.4) is 0 Å². The summed E-state index contributed by atoms with van der Waals surface area (Å²) in [6.07, 6.45) is 0. The molecule has 386 valence electrons. The molecule has 0 spiro atoms. The highest BCUT2D eigenvalue weighted by atomic mass is 32.1. The smallest absolute Gasteiger partial charge is 0.137 e. The van der Waals surface area contributed by atoms with Gasteiger partial charge in [-0.3, -0.25) is 0 Å². The number of thiophene rings is 1. The summed E-state index contributed by atoms with van der Waals surface area (Å²) in [5.41, 5.74) is 19.2. The Morgan fingerprint density at radius 2 is 0.817 bits per heavy atom. The maximum absolute atomic E-state index is 6.93. The zero-order chi connectivity index (χ0) is 54.1. The average molecular weight is 1070 g/mol. The van der Waals surface area contributed by atoms with E-state index in [1.807, 2.05) is 11.3 Å². The second kappa shape index (κ2) is 19.6. The first-order chi connectivity index (χ1) is 40.7. The number of hydrogen-bond donors (Lipinski definition) is 0. The molecule has 1 aliphatic rings. The zero-order valence-electron chi connectivity index (χ0n) is 44.5. The van der Waals surface area contributed by atoms with Crippen LogP contribution in [-0.4, -0.2) is 0 Å². The summed E-state index contributed by atoms with van der Waals surface area (Å²) < 4.78 is 9.56. The molecular formula is C76H50N4OS. The molecule has 5 nitrogen and oxygen atoms in total. The maximum atomic E-state index is 6.93.